The Morgan fingerprint density at radius 1 is 1.07 bits per heavy atom. The molecule has 0 aromatic heterocycles. The Hall–Kier alpha value is -2.83. The van der Waals surface area contributed by atoms with E-state index in [0.29, 0.717) is 16.9 Å². The Kier molecular flexibility index (Phi) is 6.12. The zero-order valence-electron chi connectivity index (χ0n) is 15.5. The van der Waals surface area contributed by atoms with Crippen LogP contribution in [0.2, 0.25) is 0 Å². The van der Waals surface area contributed by atoms with Gasteiger partial charge in [-0.05, 0) is 24.3 Å². The van der Waals surface area contributed by atoms with Gasteiger partial charge < -0.3 is 14.2 Å². The van der Waals surface area contributed by atoms with E-state index in [1.165, 1.54) is 23.9 Å². The molecule has 1 atom stereocenters. The van der Waals surface area contributed by atoms with Crippen molar-refractivity contribution in [2.24, 2.45) is 0 Å². The van der Waals surface area contributed by atoms with Gasteiger partial charge in [-0.25, -0.2) is 4.39 Å². The Labute approximate surface area is 172 Å². The maximum absolute atomic E-state index is 14.0. The topological polar surface area (TPSA) is 44.8 Å². The first-order chi connectivity index (χ1) is 14.2. The molecule has 1 unspecified atom stereocenters. The second-order valence-electron chi connectivity index (χ2n) is 6.49. The van der Waals surface area contributed by atoms with Crippen molar-refractivity contribution in [3.63, 3.8) is 0 Å². The summed E-state index contributed by atoms with van der Waals surface area (Å²) in [5.41, 5.74) is 1.95. The first-order valence-electron chi connectivity index (χ1n) is 9.17. The molecule has 6 heteroatoms. The van der Waals surface area contributed by atoms with E-state index in [0.717, 1.165) is 10.5 Å². The molecule has 3 aromatic rings. The van der Waals surface area contributed by atoms with E-state index in [4.69, 9.17) is 14.2 Å². The lowest BCUT2D eigenvalue weighted by Gasteiger charge is -2.28. The summed E-state index contributed by atoms with van der Waals surface area (Å²) < 4.78 is 31.1. The highest BCUT2D eigenvalue weighted by Gasteiger charge is 2.25. The first kappa shape index (κ1) is 19.5. The second kappa shape index (κ2) is 9.11. The lowest BCUT2D eigenvalue weighted by Crippen LogP contribution is -2.20. The fraction of sp³-hybridized carbons (Fsp3) is 0.174. The van der Waals surface area contributed by atoms with Gasteiger partial charge in [-0.1, -0.05) is 48.5 Å². The van der Waals surface area contributed by atoms with Crippen molar-refractivity contribution >= 4 is 17.7 Å². The standard InChI is InChI=1S/C23H19FO4S/c24-19-11-17(13-26-21(25)15-29-20-9-5-2-6-10-20)22-18(12-19)14-27-23(28-22)16-7-3-1-4-8-16/h1-12,23H,13-15H2. The number of thioether (sulfide) groups is 1. The van der Waals surface area contributed by atoms with Crippen molar-refractivity contribution in [1.82, 2.24) is 0 Å². The molecular weight excluding hydrogens is 391 g/mol. The summed E-state index contributed by atoms with van der Waals surface area (Å²) in [6.45, 7) is 0.160. The van der Waals surface area contributed by atoms with Crippen LogP contribution in [-0.4, -0.2) is 11.7 Å². The van der Waals surface area contributed by atoms with Gasteiger partial charge in [0.2, 0.25) is 6.29 Å². The van der Waals surface area contributed by atoms with Crippen LogP contribution in [0.4, 0.5) is 4.39 Å². The Morgan fingerprint density at radius 2 is 1.79 bits per heavy atom. The van der Waals surface area contributed by atoms with Crippen molar-refractivity contribution in [1.29, 1.82) is 0 Å². The van der Waals surface area contributed by atoms with Gasteiger partial charge in [0.05, 0.1) is 12.4 Å². The van der Waals surface area contributed by atoms with E-state index in [-0.39, 0.29) is 24.9 Å². The molecule has 29 heavy (non-hydrogen) atoms. The average molecular weight is 410 g/mol. The van der Waals surface area contributed by atoms with Crippen LogP contribution in [0.25, 0.3) is 0 Å². The third kappa shape index (κ3) is 4.96. The van der Waals surface area contributed by atoms with Gasteiger partial charge >= 0.3 is 5.97 Å². The lowest BCUT2D eigenvalue weighted by atomic mass is 10.1. The fourth-order valence-electron chi connectivity index (χ4n) is 3.02. The summed E-state index contributed by atoms with van der Waals surface area (Å²) in [4.78, 5) is 13.1. The number of hydrogen-bond donors (Lipinski definition) is 0. The molecule has 0 aliphatic carbocycles. The van der Waals surface area contributed by atoms with E-state index >= 15 is 0 Å². The number of fused-ring (bicyclic) bond motifs is 1. The van der Waals surface area contributed by atoms with Crippen molar-refractivity contribution < 1.29 is 23.4 Å². The van der Waals surface area contributed by atoms with Gasteiger partial charge in [0.1, 0.15) is 18.2 Å². The van der Waals surface area contributed by atoms with Crippen LogP contribution >= 0.6 is 11.8 Å². The minimum atomic E-state index is -0.586. The lowest BCUT2D eigenvalue weighted by molar-refractivity contribution is -0.142. The number of esters is 1. The zero-order chi connectivity index (χ0) is 20.1. The molecule has 3 aromatic carbocycles. The highest BCUT2D eigenvalue weighted by atomic mass is 32.2. The van der Waals surface area contributed by atoms with Crippen molar-refractivity contribution in [2.45, 2.75) is 24.4 Å². The van der Waals surface area contributed by atoms with Gasteiger partial charge in [0.25, 0.3) is 0 Å². The van der Waals surface area contributed by atoms with Crippen molar-refractivity contribution in [3.8, 4) is 5.75 Å². The van der Waals surface area contributed by atoms with Crippen LogP contribution in [0, 0.1) is 5.82 Å². The summed E-state index contributed by atoms with van der Waals surface area (Å²) >= 11 is 1.39. The minimum absolute atomic E-state index is 0.0597. The molecule has 0 spiro atoms. The number of carbonyl (C=O) groups excluding carboxylic acids is 1. The summed E-state index contributed by atoms with van der Waals surface area (Å²) in [5.74, 6) is -0.102. The quantitative estimate of drug-likeness (QED) is 0.409. The Bertz CT molecular complexity index is 979. The molecule has 148 valence electrons. The predicted octanol–water partition coefficient (Wildman–Crippen LogP) is 5.27. The number of halogens is 1. The molecule has 1 heterocycles. The molecule has 0 radical (unpaired) electrons. The highest BCUT2D eigenvalue weighted by Crippen LogP contribution is 2.36. The van der Waals surface area contributed by atoms with Crippen LogP contribution < -0.4 is 4.74 Å². The monoisotopic (exact) mass is 410 g/mol. The van der Waals surface area contributed by atoms with Crippen LogP contribution in [0.5, 0.6) is 5.75 Å². The molecule has 1 aliphatic heterocycles. The largest absolute Gasteiger partial charge is 0.460 e. The number of rotatable bonds is 6. The van der Waals surface area contributed by atoms with Crippen molar-refractivity contribution in [2.75, 3.05) is 5.75 Å². The van der Waals surface area contributed by atoms with Crippen LogP contribution in [-0.2, 0) is 27.5 Å². The van der Waals surface area contributed by atoms with E-state index in [1.807, 2.05) is 60.7 Å². The molecule has 0 saturated heterocycles. The van der Waals surface area contributed by atoms with E-state index in [1.54, 1.807) is 0 Å². The van der Waals surface area contributed by atoms with Gasteiger partial charge in [-0.2, -0.15) is 0 Å². The van der Waals surface area contributed by atoms with Crippen LogP contribution in [0.3, 0.4) is 0 Å². The zero-order valence-corrected chi connectivity index (χ0v) is 16.4. The highest BCUT2D eigenvalue weighted by molar-refractivity contribution is 8.00. The van der Waals surface area contributed by atoms with Gasteiger partial charge in [0, 0.05) is 21.6 Å². The smallest absolute Gasteiger partial charge is 0.316 e. The molecular formula is C23H19FO4S. The predicted molar refractivity (Wildman–Crippen MR) is 108 cm³/mol. The number of benzene rings is 3. The molecule has 1 aliphatic rings. The maximum atomic E-state index is 14.0. The first-order valence-corrected chi connectivity index (χ1v) is 10.2. The number of carbonyl (C=O) groups is 1. The van der Waals surface area contributed by atoms with Crippen LogP contribution in [0.15, 0.2) is 77.7 Å². The summed E-state index contributed by atoms with van der Waals surface area (Å²) in [6.07, 6.45) is -0.586. The molecule has 0 N–H and O–H groups in total. The van der Waals surface area contributed by atoms with Crippen LogP contribution in [0.1, 0.15) is 23.0 Å². The fourth-order valence-corrected chi connectivity index (χ4v) is 3.73. The number of ether oxygens (including phenoxy) is 3. The minimum Gasteiger partial charge on any atom is -0.460 e. The van der Waals surface area contributed by atoms with Gasteiger partial charge in [0.15, 0.2) is 0 Å². The second-order valence-corrected chi connectivity index (χ2v) is 7.54. The van der Waals surface area contributed by atoms with Gasteiger partial charge in [-0.15, -0.1) is 11.8 Å². The molecule has 0 saturated carbocycles. The molecule has 0 fully saturated rings. The molecule has 0 bridgehead atoms. The molecule has 4 rings (SSSR count). The van der Waals surface area contributed by atoms with E-state index in [2.05, 4.69) is 0 Å². The third-order valence-electron chi connectivity index (χ3n) is 4.38. The van der Waals surface area contributed by atoms with E-state index in [9.17, 15) is 9.18 Å². The summed E-state index contributed by atoms with van der Waals surface area (Å²) in [7, 11) is 0. The normalized spacial score (nSPS) is 15.3. The SMILES string of the molecule is O=C(CSc1ccccc1)OCc1cc(F)cc2c1OC(c1ccccc1)OC2. The summed E-state index contributed by atoms with van der Waals surface area (Å²) in [5, 5.41) is 0. The Balaban J connectivity index is 1.43. The molecule has 0 amide bonds. The van der Waals surface area contributed by atoms with Crippen molar-refractivity contribution in [3.05, 3.63) is 95.3 Å². The average Bonchev–Trinajstić information content (AvgIpc) is 2.77. The molecule has 4 nitrogen and oxygen atoms in total. The van der Waals surface area contributed by atoms with E-state index < -0.39 is 12.1 Å². The third-order valence-corrected chi connectivity index (χ3v) is 5.37. The van der Waals surface area contributed by atoms with Gasteiger partial charge in [-0.3, -0.25) is 4.79 Å². The maximum Gasteiger partial charge on any atom is 0.316 e. The summed E-state index contributed by atoms with van der Waals surface area (Å²) in [6, 6.07) is 21.8. The Morgan fingerprint density at radius 3 is 2.55 bits per heavy atom. The number of hydrogen-bond acceptors (Lipinski definition) is 5.